The van der Waals surface area contributed by atoms with Crippen LogP contribution in [0.3, 0.4) is 0 Å². The summed E-state index contributed by atoms with van der Waals surface area (Å²) in [6.45, 7) is 5.20. The summed E-state index contributed by atoms with van der Waals surface area (Å²) >= 11 is 0. The first-order chi connectivity index (χ1) is 14.4. The van der Waals surface area contributed by atoms with Crippen LogP contribution in [0.15, 0.2) is 34.9 Å². The van der Waals surface area contributed by atoms with Crippen LogP contribution in [-0.4, -0.2) is 73.3 Å². The SMILES string of the molecule is Cc1ccc(C(CNc2ccc(C(=O)N3CCS(=O)(=O)CC3)cn2)N2CCCC2)o1. The molecule has 2 aliphatic heterocycles. The third-order valence-electron chi connectivity index (χ3n) is 5.79. The average Bonchev–Trinajstić information content (AvgIpc) is 3.41. The third kappa shape index (κ3) is 4.84. The molecular formula is C21H28N4O4S. The summed E-state index contributed by atoms with van der Waals surface area (Å²) in [6.07, 6.45) is 3.95. The van der Waals surface area contributed by atoms with Gasteiger partial charge < -0.3 is 14.6 Å². The van der Waals surface area contributed by atoms with Crippen LogP contribution in [0.25, 0.3) is 0 Å². The number of aryl methyl sites for hydroxylation is 1. The first-order valence-corrected chi connectivity index (χ1v) is 12.2. The van der Waals surface area contributed by atoms with Crippen molar-refractivity contribution >= 4 is 21.6 Å². The maximum Gasteiger partial charge on any atom is 0.255 e. The molecule has 4 heterocycles. The molecule has 0 radical (unpaired) electrons. The zero-order valence-electron chi connectivity index (χ0n) is 17.2. The molecule has 2 fully saturated rings. The highest BCUT2D eigenvalue weighted by molar-refractivity contribution is 7.91. The quantitative estimate of drug-likeness (QED) is 0.747. The van der Waals surface area contributed by atoms with E-state index in [4.69, 9.17) is 4.42 Å². The summed E-state index contributed by atoms with van der Waals surface area (Å²) in [4.78, 5) is 21.0. The van der Waals surface area contributed by atoms with Crippen molar-refractivity contribution in [2.45, 2.75) is 25.8 Å². The highest BCUT2D eigenvalue weighted by atomic mass is 32.2. The number of nitrogens with zero attached hydrogens (tertiary/aromatic N) is 3. The second-order valence-electron chi connectivity index (χ2n) is 7.96. The van der Waals surface area contributed by atoms with E-state index >= 15 is 0 Å². The normalized spacial score (nSPS) is 20.2. The fourth-order valence-electron chi connectivity index (χ4n) is 4.02. The van der Waals surface area contributed by atoms with Gasteiger partial charge in [-0.3, -0.25) is 9.69 Å². The maximum atomic E-state index is 12.6. The summed E-state index contributed by atoms with van der Waals surface area (Å²) < 4.78 is 29.0. The number of hydrogen-bond acceptors (Lipinski definition) is 7. The minimum absolute atomic E-state index is 0.0238. The van der Waals surface area contributed by atoms with Crippen molar-refractivity contribution in [3.05, 3.63) is 47.5 Å². The number of pyridine rings is 1. The molecule has 2 aromatic rings. The third-order valence-corrected chi connectivity index (χ3v) is 7.40. The lowest BCUT2D eigenvalue weighted by atomic mass is 10.2. The van der Waals surface area contributed by atoms with Gasteiger partial charge in [-0.15, -0.1) is 0 Å². The van der Waals surface area contributed by atoms with E-state index in [0.717, 1.165) is 24.6 Å². The van der Waals surface area contributed by atoms with Gasteiger partial charge in [0, 0.05) is 25.8 Å². The van der Waals surface area contributed by atoms with E-state index in [9.17, 15) is 13.2 Å². The Morgan fingerprint density at radius 2 is 1.87 bits per heavy atom. The van der Waals surface area contributed by atoms with Gasteiger partial charge in [0.1, 0.15) is 17.3 Å². The van der Waals surface area contributed by atoms with Crippen LogP contribution in [-0.2, 0) is 9.84 Å². The van der Waals surface area contributed by atoms with Gasteiger partial charge in [-0.1, -0.05) is 0 Å². The van der Waals surface area contributed by atoms with Gasteiger partial charge in [-0.2, -0.15) is 0 Å². The second kappa shape index (κ2) is 8.77. The number of anilines is 1. The fourth-order valence-corrected chi connectivity index (χ4v) is 5.22. The lowest BCUT2D eigenvalue weighted by molar-refractivity contribution is 0.0770. The smallest absolute Gasteiger partial charge is 0.255 e. The number of carbonyl (C=O) groups is 1. The Labute approximate surface area is 177 Å². The molecule has 0 saturated carbocycles. The largest absolute Gasteiger partial charge is 0.465 e. The maximum absolute atomic E-state index is 12.6. The molecule has 1 unspecified atom stereocenters. The predicted octanol–water partition coefficient (Wildman–Crippen LogP) is 2.10. The van der Waals surface area contributed by atoms with Gasteiger partial charge in [0.2, 0.25) is 0 Å². The predicted molar refractivity (Wildman–Crippen MR) is 114 cm³/mol. The minimum atomic E-state index is -3.01. The van der Waals surface area contributed by atoms with E-state index in [1.54, 1.807) is 23.2 Å². The molecule has 0 aliphatic carbocycles. The number of furan rings is 1. The molecule has 9 heteroatoms. The van der Waals surface area contributed by atoms with E-state index in [1.807, 2.05) is 19.1 Å². The van der Waals surface area contributed by atoms with E-state index in [1.165, 1.54) is 12.8 Å². The molecule has 0 aromatic carbocycles. The summed E-state index contributed by atoms with van der Waals surface area (Å²) in [7, 11) is -3.01. The number of aromatic nitrogens is 1. The van der Waals surface area contributed by atoms with Crippen LogP contribution in [0.1, 0.15) is 40.8 Å². The molecule has 2 aliphatic rings. The molecule has 4 rings (SSSR count). The van der Waals surface area contributed by atoms with Crippen molar-refractivity contribution < 1.29 is 17.6 Å². The molecule has 30 heavy (non-hydrogen) atoms. The fraction of sp³-hybridized carbons (Fsp3) is 0.524. The van der Waals surface area contributed by atoms with E-state index in [-0.39, 0.29) is 36.5 Å². The Hall–Kier alpha value is -2.39. The molecule has 1 N–H and O–H groups in total. The average molecular weight is 433 g/mol. The number of hydrogen-bond donors (Lipinski definition) is 1. The highest BCUT2D eigenvalue weighted by Crippen LogP contribution is 2.27. The number of nitrogens with one attached hydrogen (secondary N) is 1. The van der Waals surface area contributed by atoms with E-state index in [2.05, 4.69) is 15.2 Å². The van der Waals surface area contributed by atoms with Gasteiger partial charge >= 0.3 is 0 Å². The summed E-state index contributed by atoms with van der Waals surface area (Å²) in [5, 5.41) is 3.37. The second-order valence-corrected chi connectivity index (χ2v) is 10.3. The minimum Gasteiger partial charge on any atom is -0.465 e. The van der Waals surface area contributed by atoms with Crippen LogP contribution in [0.2, 0.25) is 0 Å². The zero-order valence-corrected chi connectivity index (χ0v) is 18.0. The molecule has 0 bridgehead atoms. The van der Waals surface area contributed by atoms with Gasteiger partial charge in [0.15, 0.2) is 9.84 Å². The summed E-state index contributed by atoms with van der Waals surface area (Å²) in [6, 6.07) is 7.70. The number of amides is 1. The van der Waals surface area contributed by atoms with Crippen LogP contribution < -0.4 is 5.32 Å². The van der Waals surface area contributed by atoms with Crippen molar-refractivity contribution in [2.75, 3.05) is 49.5 Å². The van der Waals surface area contributed by atoms with Crippen molar-refractivity contribution in [3.63, 3.8) is 0 Å². The number of rotatable bonds is 6. The molecule has 162 valence electrons. The molecule has 1 amide bonds. The summed E-state index contributed by atoms with van der Waals surface area (Å²) in [5.74, 6) is 2.42. The first kappa shape index (κ1) is 20.9. The number of sulfone groups is 1. The van der Waals surface area contributed by atoms with E-state index in [0.29, 0.717) is 17.9 Å². The molecule has 1 atom stereocenters. The van der Waals surface area contributed by atoms with Crippen molar-refractivity contribution in [3.8, 4) is 0 Å². The van der Waals surface area contributed by atoms with Crippen molar-refractivity contribution in [2.24, 2.45) is 0 Å². The molecule has 0 spiro atoms. The van der Waals surface area contributed by atoms with Crippen LogP contribution in [0, 0.1) is 6.92 Å². The van der Waals surface area contributed by atoms with E-state index < -0.39 is 9.84 Å². The summed E-state index contributed by atoms with van der Waals surface area (Å²) in [5.41, 5.74) is 0.470. The van der Waals surface area contributed by atoms with Crippen molar-refractivity contribution in [1.82, 2.24) is 14.8 Å². The Balaban J connectivity index is 1.38. The Morgan fingerprint density at radius 3 is 2.47 bits per heavy atom. The van der Waals surface area contributed by atoms with Crippen LogP contribution >= 0.6 is 0 Å². The monoisotopic (exact) mass is 432 g/mol. The molecular weight excluding hydrogens is 404 g/mol. The Bertz CT molecular complexity index is 967. The lowest BCUT2D eigenvalue weighted by Crippen LogP contribution is -2.43. The molecule has 8 nitrogen and oxygen atoms in total. The van der Waals surface area contributed by atoms with Gasteiger partial charge in [-0.25, -0.2) is 13.4 Å². The van der Waals surface area contributed by atoms with Gasteiger partial charge in [0.05, 0.1) is 23.1 Å². The Morgan fingerprint density at radius 1 is 1.13 bits per heavy atom. The topological polar surface area (TPSA) is 95.8 Å². The lowest BCUT2D eigenvalue weighted by Gasteiger charge is -2.27. The van der Waals surface area contributed by atoms with Crippen LogP contribution in [0.5, 0.6) is 0 Å². The highest BCUT2D eigenvalue weighted by Gasteiger charge is 2.27. The molecule has 2 aromatic heterocycles. The number of carbonyl (C=O) groups excluding carboxylic acids is 1. The van der Waals surface area contributed by atoms with Gasteiger partial charge in [0.25, 0.3) is 5.91 Å². The number of likely N-dealkylation sites (tertiary alicyclic amines) is 1. The standard InChI is InChI=1S/C21H28N4O4S/c1-16-4-6-19(29-16)18(24-8-2-3-9-24)15-23-20-7-5-17(14-22-20)21(26)25-10-12-30(27,28)13-11-25/h4-7,14,18H,2-3,8-13,15H2,1H3,(H,22,23). The molecule has 2 saturated heterocycles. The zero-order chi connectivity index (χ0) is 21.1. The first-order valence-electron chi connectivity index (χ1n) is 10.4. The Kier molecular flexibility index (Phi) is 6.10. The van der Waals surface area contributed by atoms with Gasteiger partial charge in [-0.05, 0) is 57.1 Å². The van der Waals surface area contributed by atoms with Crippen LogP contribution in [0.4, 0.5) is 5.82 Å². The van der Waals surface area contributed by atoms with Crippen molar-refractivity contribution in [1.29, 1.82) is 0 Å².